The molecule has 1 aromatic heterocycles. The minimum absolute atomic E-state index is 0. The van der Waals surface area contributed by atoms with Crippen molar-refractivity contribution in [3.8, 4) is 5.88 Å². The lowest BCUT2D eigenvalue weighted by Crippen LogP contribution is -2.32. The molecule has 3 heterocycles. The number of halogens is 1. The first kappa shape index (κ1) is 15.5. The molecule has 112 valence electrons. The average Bonchev–Trinajstić information content (AvgIpc) is 2.99. The minimum atomic E-state index is -3.42. The Morgan fingerprint density at radius 1 is 1.30 bits per heavy atom. The second-order valence-corrected chi connectivity index (χ2v) is 6.97. The molecule has 0 bridgehead atoms. The van der Waals surface area contributed by atoms with Crippen LogP contribution in [-0.2, 0) is 10.0 Å². The molecule has 2 aliphatic rings. The Balaban J connectivity index is 0.00000147. The summed E-state index contributed by atoms with van der Waals surface area (Å²) in [7, 11) is -1.91. The molecule has 0 saturated carbocycles. The van der Waals surface area contributed by atoms with Crippen LogP contribution in [0.4, 0.5) is 0 Å². The smallest absolute Gasteiger partial charge is 0.244 e. The number of hydrogen-bond acceptors (Lipinski definition) is 5. The molecule has 1 N–H and O–H groups in total. The van der Waals surface area contributed by atoms with Crippen LogP contribution in [-0.4, -0.2) is 51.0 Å². The first-order valence-corrected chi connectivity index (χ1v) is 7.76. The Morgan fingerprint density at radius 2 is 1.95 bits per heavy atom. The number of hydrogen-bond donors (Lipinski definition) is 1. The first-order chi connectivity index (χ1) is 9.11. The van der Waals surface area contributed by atoms with Gasteiger partial charge in [-0.1, -0.05) is 0 Å². The molecule has 2 atom stereocenters. The zero-order valence-corrected chi connectivity index (χ0v) is 12.8. The summed E-state index contributed by atoms with van der Waals surface area (Å²) in [4.78, 5) is 4.20. The molecule has 2 fully saturated rings. The number of fused-ring (bicyclic) bond motifs is 1. The second-order valence-electron chi connectivity index (χ2n) is 5.04. The van der Waals surface area contributed by atoms with Gasteiger partial charge in [-0.3, -0.25) is 0 Å². The third-order valence-electron chi connectivity index (χ3n) is 3.91. The largest absolute Gasteiger partial charge is 0.481 e. The maximum atomic E-state index is 12.5. The lowest BCUT2D eigenvalue weighted by Gasteiger charge is -2.17. The van der Waals surface area contributed by atoms with Crippen molar-refractivity contribution in [1.82, 2.24) is 14.6 Å². The van der Waals surface area contributed by atoms with Gasteiger partial charge in [0.2, 0.25) is 15.9 Å². The quantitative estimate of drug-likeness (QED) is 0.870. The Hall–Kier alpha value is -0.890. The second kappa shape index (κ2) is 5.85. The van der Waals surface area contributed by atoms with Crippen molar-refractivity contribution in [3.05, 3.63) is 18.3 Å². The molecule has 0 unspecified atom stereocenters. The number of nitrogens with zero attached hydrogens (tertiary/aromatic N) is 2. The monoisotopic (exact) mass is 319 g/mol. The Bertz CT molecular complexity index is 552. The van der Waals surface area contributed by atoms with Gasteiger partial charge in [-0.05, 0) is 31.0 Å². The van der Waals surface area contributed by atoms with E-state index in [4.69, 9.17) is 4.74 Å². The zero-order valence-electron chi connectivity index (χ0n) is 11.2. The van der Waals surface area contributed by atoms with Gasteiger partial charge in [-0.25, -0.2) is 13.4 Å². The number of sulfonamides is 1. The lowest BCUT2D eigenvalue weighted by molar-refractivity contribution is 0.396. The predicted molar refractivity (Wildman–Crippen MR) is 76.6 cm³/mol. The first-order valence-electron chi connectivity index (χ1n) is 6.32. The summed E-state index contributed by atoms with van der Waals surface area (Å²) in [6, 6.07) is 3.12. The highest BCUT2D eigenvalue weighted by Crippen LogP contribution is 2.30. The van der Waals surface area contributed by atoms with E-state index in [1.807, 2.05) is 0 Å². The van der Waals surface area contributed by atoms with Crippen molar-refractivity contribution in [2.24, 2.45) is 11.8 Å². The van der Waals surface area contributed by atoms with Crippen LogP contribution in [0.5, 0.6) is 5.88 Å². The molecule has 0 spiro atoms. The summed E-state index contributed by atoms with van der Waals surface area (Å²) in [5.74, 6) is 1.31. The van der Waals surface area contributed by atoms with Crippen LogP contribution in [0.15, 0.2) is 23.2 Å². The zero-order chi connectivity index (χ0) is 13.5. The fourth-order valence-corrected chi connectivity index (χ4v) is 4.30. The lowest BCUT2D eigenvalue weighted by atomic mass is 10.0. The van der Waals surface area contributed by atoms with Gasteiger partial charge in [0.1, 0.15) is 4.90 Å². The van der Waals surface area contributed by atoms with Crippen molar-refractivity contribution < 1.29 is 13.2 Å². The summed E-state index contributed by atoms with van der Waals surface area (Å²) in [6.45, 7) is 3.03. The van der Waals surface area contributed by atoms with E-state index in [1.165, 1.54) is 13.3 Å². The maximum Gasteiger partial charge on any atom is 0.244 e. The predicted octanol–water partition coefficient (Wildman–Crippen LogP) is 0.352. The number of rotatable bonds is 3. The van der Waals surface area contributed by atoms with E-state index in [9.17, 15) is 8.42 Å². The van der Waals surface area contributed by atoms with Crippen molar-refractivity contribution in [2.75, 3.05) is 33.3 Å². The van der Waals surface area contributed by atoms with Crippen LogP contribution in [0.1, 0.15) is 0 Å². The third kappa shape index (κ3) is 2.63. The third-order valence-corrected chi connectivity index (χ3v) is 5.73. The maximum absolute atomic E-state index is 12.5. The molecule has 2 aliphatic heterocycles. The van der Waals surface area contributed by atoms with E-state index in [2.05, 4.69) is 10.3 Å². The number of ether oxygens (including phenoxy) is 1. The molecule has 0 aliphatic carbocycles. The van der Waals surface area contributed by atoms with E-state index < -0.39 is 10.0 Å². The van der Waals surface area contributed by atoms with Crippen LogP contribution in [0.3, 0.4) is 0 Å². The molecule has 2 saturated heterocycles. The number of pyridine rings is 1. The summed E-state index contributed by atoms with van der Waals surface area (Å²) in [5.41, 5.74) is 0. The van der Waals surface area contributed by atoms with E-state index >= 15 is 0 Å². The summed E-state index contributed by atoms with van der Waals surface area (Å²) >= 11 is 0. The van der Waals surface area contributed by atoms with Crippen LogP contribution >= 0.6 is 12.4 Å². The SMILES string of the molecule is COc1ccc(S(=O)(=O)N2C[C@H]3CNC[C@H]3C2)cn1.Cl. The molecule has 0 radical (unpaired) electrons. The molecule has 0 amide bonds. The van der Waals surface area contributed by atoms with Crippen LogP contribution in [0, 0.1) is 11.8 Å². The van der Waals surface area contributed by atoms with E-state index in [1.54, 1.807) is 16.4 Å². The summed E-state index contributed by atoms with van der Waals surface area (Å²) in [5, 5.41) is 3.30. The van der Waals surface area contributed by atoms with Gasteiger partial charge in [-0.2, -0.15) is 4.31 Å². The van der Waals surface area contributed by atoms with E-state index in [-0.39, 0.29) is 17.3 Å². The molecule has 3 rings (SSSR count). The molecular weight excluding hydrogens is 302 g/mol. The van der Waals surface area contributed by atoms with Crippen molar-refractivity contribution >= 4 is 22.4 Å². The van der Waals surface area contributed by atoms with Crippen LogP contribution in [0.2, 0.25) is 0 Å². The van der Waals surface area contributed by atoms with Crippen molar-refractivity contribution in [1.29, 1.82) is 0 Å². The van der Waals surface area contributed by atoms with Crippen LogP contribution < -0.4 is 10.1 Å². The molecule has 20 heavy (non-hydrogen) atoms. The summed E-state index contributed by atoms with van der Waals surface area (Å²) in [6.07, 6.45) is 1.36. The molecule has 1 aromatic rings. The highest BCUT2D eigenvalue weighted by Gasteiger charge is 2.41. The highest BCUT2D eigenvalue weighted by molar-refractivity contribution is 7.89. The van der Waals surface area contributed by atoms with Gasteiger partial charge in [-0.15, -0.1) is 12.4 Å². The number of methoxy groups -OCH3 is 1. The van der Waals surface area contributed by atoms with Crippen molar-refractivity contribution in [3.63, 3.8) is 0 Å². The van der Waals surface area contributed by atoms with E-state index in [0.717, 1.165) is 13.1 Å². The summed E-state index contributed by atoms with van der Waals surface area (Å²) < 4.78 is 31.5. The number of nitrogens with one attached hydrogen (secondary N) is 1. The number of aromatic nitrogens is 1. The molecular formula is C12H18ClN3O3S. The fourth-order valence-electron chi connectivity index (χ4n) is 2.80. The molecule has 0 aromatic carbocycles. The molecule has 6 nitrogen and oxygen atoms in total. The van der Waals surface area contributed by atoms with Crippen LogP contribution in [0.25, 0.3) is 0 Å². The molecule has 8 heteroatoms. The van der Waals surface area contributed by atoms with Crippen molar-refractivity contribution in [2.45, 2.75) is 4.90 Å². The fraction of sp³-hybridized carbons (Fsp3) is 0.583. The normalized spacial score (nSPS) is 26.1. The van der Waals surface area contributed by atoms with Gasteiger partial charge in [0.05, 0.1) is 13.3 Å². The Morgan fingerprint density at radius 3 is 2.45 bits per heavy atom. The van der Waals surface area contributed by atoms with Gasteiger partial charge < -0.3 is 10.1 Å². The van der Waals surface area contributed by atoms with Gasteiger partial charge in [0.25, 0.3) is 0 Å². The standard InChI is InChI=1S/C12H17N3O3S.ClH/c1-18-12-3-2-11(6-14-12)19(16,17)15-7-9-4-13-5-10(9)8-15;/h2-3,6,9-10,13H,4-5,7-8H2,1H3;1H/t9-,10+;. The van der Waals surface area contributed by atoms with E-state index in [0.29, 0.717) is 30.8 Å². The van der Waals surface area contributed by atoms with Gasteiger partial charge >= 0.3 is 0 Å². The van der Waals surface area contributed by atoms with Gasteiger partial charge in [0.15, 0.2) is 0 Å². The average molecular weight is 320 g/mol. The Kier molecular flexibility index (Phi) is 4.53. The minimum Gasteiger partial charge on any atom is -0.481 e. The highest BCUT2D eigenvalue weighted by atomic mass is 35.5. The van der Waals surface area contributed by atoms with Gasteiger partial charge in [0, 0.05) is 19.2 Å². The Labute approximate surface area is 125 Å². The topological polar surface area (TPSA) is 71.5 Å².